The van der Waals surface area contributed by atoms with Crippen molar-refractivity contribution in [1.82, 2.24) is 9.97 Å². The van der Waals surface area contributed by atoms with Crippen LogP contribution in [-0.4, -0.2) is 21.2 Å². The quantitative estimate of drug-likeness (QED) is 0.823. The standard InChI is InChI=1S/C13H12N2OS/c16-11-8-9-4-1-2-5-10(9)12(11)17-13-14-6-3-7-15-13/h1-7,11-12,16H,8H2/t11-,12-/m1/s1. The normalized spacial score (nSPS) is 22.4. The van der Waals surface area contributed by atoms with Gasteiger partial charge in [-0.1, -0.05) is 36.0 Å². The fraction of sp³-hybridized carbons (Fsp3) is 0.231. The van der Waals surface area contributed by atoms with Gasteiger partial charge in [0.05, 0.1) is 11.4 Å². The van der Waals surface area contributed by atoms with Crippen LogP contribution >= 0.6 is 11.8 Å². The summed E-state index contributed by atoms with van der Waals surface area (Å²) in [5.41, 5.74) is 2.44. The zero-order valence-electron chi connectivity index (χ0n) is 9.15. The Kier molecular flexibility index (Phi) is 2.82. The zero-order valence-corrected chi connectivity index (χ0v) is 9.97. The van der Waals surface area contributed by atoms with Crippen molar-refractivity contribution in [2.75, 3.05) is 0 Å². The molecule has 0 saturated heterocycles. The number of nitrogens with zero attached hydrogens (tertiary/aromatic N) is 2. The molecule has 0 saturated carbocycles. The maximum absolute atomic E-state index is 10.1. The highest BCUT2D eigenvalue weighted by Gasteiger charge is 2.32. The minimum atomic E-state index is -0.346. The Bertz CT molecular complexity index is 518. The van der Waals surface area contributed by atoms with Crippen LogP contribution in [0.5, 0.6) is 0 Å². The van der Waals surface area contributed by atoms with Gasteiger partial charge in [-0.2, -0.15) is 0 Å². The Morgan fingerprint density at radius 3 is 2.71 bits per heavy atom. The summed E-state index contributed by atoms with van der Waals surface area (Å²) in [7, 11) is 0. The van der Waals surface area contributed by atoms with Crippen molar-refractivity contribution in [2.45, 2.75) is 22.9 Å². The third kappa shape index (κ3) is 2.06. The monoisotopic (exact) mass is 244 g/mol. The number of fused-ring (bicyclic) bond motifs is 1. The summed E-state index contributed by atoms with van der Waals surface area (Å²) in [5.74, 6) is 0. The number of benzene rings is 1. The molecule has 1 N–H and O–H groups in total. The summed E-state index contributed by atoms with van der Waals surface area (Å²) in [6, 6.07) is 9.97. The number of hydrogen-bond acceptors (Lipinski definition) is 4. The second-order valence-electron chi connectivity index (χ2n) is 4.04. The van der Waals surface area contributed by atoms with Crippen LogP contribution in [0.4, 0.5) is 0 Å². The lowest BCUT2D eigenvalue weighted by atomic mass is 10.1. The van der Waals surface area contributed by atoms with Gasteiger partial charge in [0, 0.05) is 18.8 Å². The molecular formula is C13H12N2OS. The predicted molar refractivity (Wildman–Crippen MR) is 66.8 cm³/mol. The molecule has 2 atom stereocenters. The average Bonchev–Trinajstić information content (AvgIpc) is 2.68. The largest absolute Gasteiger partial charge is 0.391 e. The third-order valence-electron chi connectivity index (χ3n) is 2.91. The Hall–Kier alpha value is -1.39. The van der Waals surface area contributed by atoms with Crippen molar-refractivity contribution in [2.24, 2.45) is 0 Å². The van der Waals surface area contributed by atoms with Gasteiger partial charge in [-0.15, -0.1) is 0 Å². The van der Waals surface area contributed by atoms with E-state index < -0.39 is 0 Å². The molecule has 0 bridgehead atoms. The van der Waals surface area contributed by atoms with Gasteiger partial charge in [0.25, 0.3) is 0 Å². The minimum Gasteiger partial charge on any atom is -0.391 e. The first-order valence-corrected chi connectivity index (χ1v) is 6.42. The van der Waals surface area contributed by atoms with Crippen LogP contribution in [0.25, 0.3) is 0 Å². The van der Waals surface area contributed by atoms with Gasteiger partial charge in [-0.05, 0) is 17.2 Å². The number of rotatable bonds is 2. The van der Waals surface area contributed by atoms with Crippen LogP contribution in [0.2, 0.25) is 0 Å². The lowest BCUT2D eigenvalue weighted by molar-refractivity contribution is 0.184. The number of aliphatic hydroxyl groups is 1. The van der Waals surface area contributed by atoms with Crippen molar-refractivity contribution in [1.29, 1.82) is 0 Å². The highest BCUT2D eigenvalue weighted by molar-refractivity contribution is 7.99. The van der Waals surface area contributed by atoms with Crippen molar-refractivity contribution >= 4 is 11.8 Å². The molecule has 3 nitrogen and oxygen atoms in total. The van der Waals surface area contributed by atoms with E-state index in [1.807, 2.05) is 12.1 Å². The summed E-state index contributed by atoms with van der Waals surface area (Å²) in [6.45, 7) is 0. The first-order valence-electron chi connectivity index (χ1n) is 5.54. The van der Waals surface area contributed by atoms with Crippen LogP contribution < -0.4 is 0 Å². The maximum Gasteiger partial charge on any atom is 0.188 e. The van der Waals surface area contributed by atoms with Crippen molar-refractivity contribution in [3.63, 3.8) is 0 Å². The predicted octanol–water partition coefficient (Wildman–Crippen LogP) is 2.23. The summed E-state index contributed by atoms with van der Waals surface area (Å²) in [4.78, 5) is 8.38. The molecule has 1 aromatic heterocycles. The smallest absolute Gasteiger partial charge is 0.188 e. The SMILES string of the molecule is O[C@@H]1Cc2ccccc2[C@H]1Sc1ncccn1. The minimum absolute atomic E-state index is 0.0496. The zero-order chi connectivity index (χ0) is 11.7. The molecule has 17 heavy (non-hydrogen) atoms. The molecule has 0 radical (unpaired) electrons. The Morgan fingerprint density at radius 1 is 1.12 bits per heavy atom. The van der Waals surface area contributed by atoms with Crippen LogP contribution in [0.3, 0.4) is 0 Å². The molecule has 1 aliphatic rings. The van der Waals surface area contributed by atoms with Crippen molar-refractivity contribution in [3.8, 4) is 0 Å². The fourth-order valence-electron chi connectivity index (χ4n) is 2.14. The fourth-order valence-corrected chi connectivity index (χ4v) is 3.22. The van der Waals surface area contributed by atoms with Gasteiger partial charge in [0.2, 0.25) is 0 Å². The van der Waals surface area contributed by atoms with E-state index in [2.05, 4.69) is 22.1 Å². The molecule has 4 heteroatoms. The molecule has 1 aromatic carbocycles. The molecule has 1 aliphatic carbocycles. The number of hydrogen-bond donors (Lipinski definition) is 1. The summed E-state index contributed by atoms with van der Waals surface area (Å²) in [5, 5.41) is 10.9. The van der Waals surface area contributed by atoms with E-state index in [0.717, 1.165) is 6.42 Å². The maximum atomic E-state index is 10.1. The lowest BCUT2D eigenvalue weighted by Crippen LogP contribution is -2.10. The molecule has 3 rings (SSSR count). The highest BCUT2D eigenvalue weighted by atomic mass is 32.2. The summed E-state index contributed by atoms with van der Waals surface area (Å²) in [6.07, 6.45) is 3.83. The first-order chi connectivity index (χ1) is 8.34. The second-order valence-corrected chi connectivity index (χ2v) is 5.15. The Balaban J connectivity index is 1.89. The van der Waals surface area contributed by atoms with Gasteiger partial charge in [-0.3, -0.25) is 0 Å². The van der Waals surface area contributed by atoms with Crippen molar-refractivity contribution in [3.05, 3.63) is 53.9 Å². The van der Waals surface area contributed by atoms with Crippen LogP contribution in [0.15, 0.2) is 47.9 Å². The van der Waals surface area contributed by atoms with E-state index in [9.17, 15) is 5.11 Å². The number of aliphatic hydroxyl groups excluding tert-OH is 1. The van der Waals surface area contributed by atoms with Gasteiger partial charge < -0.3 is 5.11 Å². The molecular weight excluding hydrogens is 232 g/mol. The molecule has 2 aromatic rings. The molecule has 0 amide bonds. The molecule has 0 aliphatic heterocycles. The average molecular weight is 244 g/mol. The number of thioether (sulfide) groups is 1. The van der Waals surface area contributed by atoms with E-state index in [1.165, 1.54) is 22.9 Å². The van der Waals surface area contributed by atoms with Crippen molar-refractivity contribution < 1.29 is 5.11 Å². The van der Waals surface area contributed by atoms with E-state index in [1.54, 1.807) is 18.5 Å². The van der Waals surface area contributed by atoms with Gasteiger partial charge >= 0.3 is 0 Å². The molecule has 1 heterocycles. The molecule has 0 spiro atoms. The molecule has 0 unspecified atom stereocenters. The van der Waals surface area contributed by atoms with E-state index in [-0.39, 0.29) is 11.4 Å². The summed E-state index contributed by atoms with van der Waals surface area (Å²) >= 11 is 1.53. The van der Waals surface area contributed by atoms with Crippen LogP contribution in [-0.2, 0) is 6.42 Å². The summed E-state index contributed by atoms with van der Waals surface area (Å²) < 4.78 is 0. The Labute approximate surface area is 104 Å². The van der Waals surface area contributed by atoms with Crippen LogP contribution in [0, 0.1) is 0 Å². The van der Waals surface area contributed by atoms with Gasteiger partial charge in [0.15, 0.2) is 5.16 Å². The Morgan fingerprint density at radius 2 is 1.88 bits per heavy atom. The van der Waals surface area contributed by atoms with Crippen LogP contribution in [0.1, 0.15) is 16.4 Å². The van der Waals surface area contributed by atoms with Gasteiger partial charge in [-0.25, -0.2) is 9.97 Å². The third-order valence-corrected chi connectivity index (χ3v) is 4.16. The first kappa shape index (κ1) is 10.7. The topological polar surface area (TPSA) is 46.0 Å². The second kappa shape index (κ2) is 4.47. The molecule has 0 fully saturated rings. The van der Waals surface area contributed by atoms with Gasteiger partial charge in [0.1, 0.15) is 0 Å². The van der Waals surface area contributed by atoms with E-state index >= 15 is 0 Å². The van der Waals surface area contributed by atoms with E-state index in [4.69, 9.17) is 0 Å². The lowest BCUT2D eigenvalue weighted by Gasteiger charge is -2.13. The molecule has 86 valence electrons. The highest BCUT2D eigenvalue weighted by Crippen LogP contribution is 2.43. The van der Waals surface area contributed by atoms with E-state index in [0.29, 0.717) is 5.16 Å². The number of aromatic nitrogens is 2.